The van der Waals surface area contributed by atoms with Gasteiger partial charge in [-0.1, -0.05) is 11.3 Å². The van der Waals surface area contributed by atoms with Crippen molar-refractivity contribution in [1.29, 1.82) is 0 Å². The van der Waals surface area contributed by atoms with Gasteiger partial charge in [-0.3, -0.25) is 9.78 Å². The molecule has 0 radical (unpaired) electrons. The first-order valence-corrected chi connectivity index (χ1v) is 9.24. The Kier molecular flexibility index (Phi) is 4.35. The smallest absolute Gasteiger partial charge is 0.309 e. The largest absolute Gasteiger partial charge is 0.466 e. The van der Waals surface area contributed by atoms with E-state index < -0.39 is 0 Å². The fourth-order valence-electron chi connectivity index (χ4n) is 3.04. The molecule has 1 aliphatic heterocycles. The molecule has 130 valence electrons. The van der Waals surface area contributed by atoms with Crippen LogP contribution in [0.15, 0.2) is 30.7 Å². The molecule has 0 aromatic carbocycles. The molecule has 1 saturated heterocycles. The summed E-state index contributed by atoms with van der Waals surface area (Å²) in [5, 5.41) is 5.60. The van der Waals surface area contributed by atoms with Gasteiger partial charge in [-0.15, -0.1) is 5.10 Å². The first-order chi connectivity index (χ1) is 12.2. The van der Waals surface area contributed by atoms with Gasteiger partial charge >= 0.3 is 5.97 Å². The lowest BCUT2D eigenvalue weighted by molar-refractivity contribution is -0.148. The molecular formula is C17H19N5O2S. The van der Waals surface area contributed by atoms with Crippen LogP contribution in [0.3, 0.4) is 0 Å². The molecule has 8 heteroatoms. The van der Waals surface area contributed by atoms with Crippen LogP contribution in [0, 0.1) is 5.92 Å². The Morgan fingerprint density at radius 3 is 2.92 bits per heavy atom. The van der Waals surface area contributed by atoms with Crippen LogP contribution >= 0.6 is 11.3 Å². The number of pyridine rings is 1. The fourth-order valence-corrected chi connectivity index (χ4v) is 3.97. The third kappa shape index (κ3) is 3.21. The minimum atomic E-state index is -0.0720. The third-order valence-electron chi connectivity index (χ3n) is 4.38. The normalized spacial score (nSPS) is 15.6. The molecular weight excluding hydrogens is 338 g/mol. The average Bonchev–Trinajstić information content (AvgIpc) is 3.22. The van der Waals surface area contributed by atoms with Crippen LogP contribution in [0.25, 0.3) is 16.2 Å². The van der Waals surface area contributed by atoms with Crippen LogP contribution in [0.5, 0.6) is 0 Å². The number of carbonyl (C=O) groups excluding carboxylic acids is 1. The molecule has 25 heavy (non-hydrogen) atoms. The quantitative estimate of drug-likeness (QED) is 0.669. The number of ether oxygens (including phenoxy) is 1. The highest BCUT2D eigenvalue weighted by Gasteiger charge is 2.27. The number of hydrogen-bond donors (Lipinski definition) is 0. The van der Waals surface area contributed by atoms with Gasteiger partial charge in [0.1, 0.15) is 0 Å². The second-order valence-electron chi connectivity index (χ2n) is 5.99. The Hall–Kier alpha value is -2.48. The summed E-state index contributed by atoms with van der Waals surface area (Å²) in [7, 11) is 0. The second kappa shape index (κ2) is 6.79. The van der Waals surface area contributed by atoms with E-state index in [1.807, 2.05) is 29.8 Å². The molecule has 0 N–H and O–H groups in total. The molecule has 0 spiro atoms. The van der Waals surface area contributed by atoms with Gasteiger partial charge in [0, 0.05) is 31.0 Å². The van der Waals surface area contributed by atoms with E-state index in [9.17, 15) is 4.79 Å². The number of nitrogens with zero attached hydrogens (tertiary/aromatic N) is 5. The van der Waals surface area contributed by atoms with E-state index in [0.29, 0.717) is 6.61 Å². The first kappa shape index (κ1) is 16.0. The number of aromatic nitrogens is 4. The van der Waals surface area contributed by atoms with Gasteiger partial charge in [0.15, 0.2) is 0 Å². The molecule has 7 nitrogen and oxygen atoms in total. The Morgan fingerprint density at radius 2 is 2.24 bits per heavy atom. The summed E-state index contributed by atoms with van der Waals surface area (Å²) in [6.45, 7) is 3.92. The average molecular weight is 357 g/mol. The van der Waals surface area contributed by atoms with Crippen molar-refractivity contribution in [1.82, 2.24) is 19.6 Å². The van der Waals surface area contributed by atoms with E-state index in [-0.39, 0.29) is 11.9 Å². The summed E-state index contributed by atoms with van der Waals surface area (Å²) >= 11 is 1.57. The maximum atomic E-state index is 11.8. The van der Waals surface area contributed by atoms with Gasteiger partial charge in [-0.05, 0) is 31.9 Å². The molecule has 0 aliphatic carbocycles. The Bertz CT molecular complexity index is 836. The number of hydrogen-bond acceptors (Lipinski definition) is 7. The van der Waals surface area contributed by atoms with Gasteiger partial charge in [0.2, 0.25) is 10.1 Å². The van der Waals surface area contributed by atoms with Crippen molar-refractivity contribution in [3.05, 3.63) is 30.7 Å². The zero-order valence-corrected chi connectivity index (χ0v) is 14.8. The molecule has 1 fully saturated rings. The van der Waals surface area contributed by atoms with Crippen LogP contribution in [0.2, 0.25) is 0 Å². The maximum Gasteiger partial charge on any atom is 0.309 e. The number of carbonyl (C=O) groups is 1. The Labute approximate surface area is 149 Å². The SMILES string of the molecule is CCOC(=O)C1CCN(c2nn3cc(-c4cccnc4)nc3s2)CC1. The van der Waals surface area contributed by atoms with Gasteiger partial charge in [-0.25, -0.2) is 9.50 Å². The predicted molar refractivity (Wildman–Crippen MR) is 95.7 cm³/mol. The molecule has 0 saturated carbocycles. The van der Waals surface area contributed by atoms with Crippen molar-refractivity contribution in [2.24, 2.45) is 5.92 Å². The molecule has 0 atom stereocenters. The number of fused-ring (bicyclic) bond motifs is 1. The highest BCUT2D eigenvalue weighted by Crippen LogP contribution is 2.29. The number of piperidine rings is 1. The predicted octanol–water partition coefficient (Wildman–Crippen LogP) is 2.63. The maximum absolute atomic E-state index is 11.8. The first-order valence-electron chi connectivity index (χ1n) is 8.43. The van der Waals surface area contributed by atoms with Crippen molar-refractivity contribution < 1.29 is 9.53 Å². The number of esters is 1. The van der Waals surface area contributed by atoms with Gasteiger partial charge < -0.3 is 9.64 Å². The molecule has 4 rings (SSSR count). The van der Waals surface area contributed by atoms with Gasteiger partial charge in [-0.2, -0.15) is 0 Å². The van der Waals surface area contributed by atoms with E-state index in [1.54, 1.807) is 23.7 Å². The van der Waals surface area contributed by atoms with E-state index in [0.717, 1.165) is 47.3 Å². The van der Waals surface area contributed by atoms with E-state index >= 15 is 0 Å². The monoisotopic (exact) mass is 357 g/mol. The van der Waals surface area contributed by atoms with Crippen molar-refractivity contribution in [3.63, 3.8) is 0 Å². The van der Waals surface area contributed by atoms with Crippen LogP contribution in [0.1, 0.15) is 19.8 Å². The van der Waals surface area contributed by atoms with Gasteiger partial charge in [0.05, 0.1) is 24.4 Å². The molecule has 3 aromatic heterocycles. The molecule has 4 heterocycles. The number of rotatable bonds is 4. The lowest BCUT2D eigenvalue weighted by atomic mass is 9.97. The van der Waals surface area contributed by atoms with Crippen molar-refractivity contribution in [2.45, 2.75) is 19.8 Å². The summed E-state index contributed by atoms with van der Waals surface area (Å²) in [5.41, 5.74) is 1.86. The summed E-state index contributed by atoms with van der Waals surface area (Å²) in [5.74, 6) is -0.0605. The lowest BCUT2D eigenvalue weighted by Crippen LogP contribution is -2.37. The Balaban J connectivity index is 1.46. The van der Waals surface area contributed by atoms with Crippen molar-refractivity contribution >= 4 is 27.4 Å². The highest BCUT2D eigenvalue weighted by molar-refractivity contribution is 7.20. The number of anilines is 1. The topological polar surface area (TPSA) is 72.6 Å². The second-order valence-corrected chi connectivity index (χ2v) is 6.93. The van der Waals surface area contributed by atoms with E-state index in [4.69, 9.17) is 4.74 Å². The molecule has 0 bridgehead atoms. The lowest BCUT2D eigenvalue weighted by Gasteiger charge is -2.30. The zero-order valence-electron chi connectivity index (χ0n) is 14.0. The van der Waals surface area contributed by atoms with E-state index in [2.05, 4.69) is 20.0 Å². The minimum absolute atomic E-state index is 0.0115. The van der Waals surface area contributed by atoms with Crippen LogP contribution < -0.4 is 4.90 Å². The van der Waals surface area contributed by atoms with Crippen molar-refractivity contribution in [2.75, 3.05) is 24.6 Å². The molecule has 3 aromatic rings. The van der Waals surface area contributed by atoms with Crippen LogP contribution in [-0.4, -0.2) is 45.2 Å². The Morgan fingerprint density at radius 1 is 1.40 bits per heavy atom. The van der Waals surface area contributed by atoms with Gasteiger partial charge in [0.25, 0.3) is 0 Å². The van der Waals surface area contributed by atoms with Crippen LogP contribution in [-0.2, 0) is 9.53 Å². The number of imidazole rings is 1. The molecule has 1 aliphatic rings. The summed E-state index contributed by atoms with van der Waals surface area (Å²) < 4.78 is 6.94. The molecule has 0 amide bonds. The minimum Gasteiger partial charge on any atom is -0.466 e. The third-order valence-corrected chi connectivity index (χ3v) is 5.36. The van der Waals surface area contributed by atoms with Crippen molar-refractivity contribution in [3.8, 4) is 11.3 Å². The van der Waals surface area contributed by atoms with Crippen LogP contribution in [0.4, 0.5) is 5.13 Å². The summed E-state index contributed by atoms with van der Waals surface area (Å²) in [6.07, 6.45) is 7.09. The summed E-state index contributed by atoms with van der Waals surface area (Å²) in [6, 6.07) is 3.88. The standard InChI is InChI=1S/C17H19N5O2S/c1-2-24-15(23)12-5-8-21(9-6-12)17-20-22-11-14(19-16(22)25-17)13-4-3-7-18-10-13/h3-4,7,10-12H,2,5-6,8-9H2,1H3. The molecule has 0 unspecified atom stereocenters. The fraction of sp³-hybridized carbons (Fsp3) is 0.412. The summed E-state index contributed by atoms with van der Waals surface area (Å²) in [4.78, 5) is 23.7. The highest BCUT2D eigenvalue weighted by atomic mass is 32.1. The zero-order chi connectivity index (χ0) is 17.2. The van der Waals surface area contributed by atoms with E-state index in [1.165, 1.54) is 0 Å².